The number of halogens is 3. The molecule has 0 radical (unpaired) electrons. The summed E-state index contributed by atoms with van der Waals surface area (Å²) in [5.74, 6) is -0.733. The number of esters is 1. The molecule has 0 atom stereocenters. The zero-order chi connectivity index (χ0) is 21.0. The van der Waals surface area contributed by atoms with E-state index < -0.39 is 12.3 Å². The van der Waals surface area contributed by atoms with Crippen molar-refractivity contribution in [2.24, 2.45) is 0 Å². The average Bonchev–Trinajstić information content (AvgIpc) is 3.03. The van der Waals surface area contributed by atoms with Crippen molar-refractivity contribution in [3.8, 4) is 5.75 Å². The number of benzene rings is 2. The third-order valence-corrected chi connectivity index (χ3v) is 4.32. The molecule has 0 saturated carbocycles. The van der Waals surface area contributed by atoms with Crippen LogP contribution in [0.2, 0.25) is 0 Å². The summed E-state index contributed by atoms with van der Waals surface area (Å²) in [6.07, 6.45) is -4.74. The highest BCUT2D eigenvalue weighted by Crippen LogP contribution is 2.25. The summed E-state index contributed by atoms with van der Waals surface area (Å²) >= 11 is 0. The summed E-state index contributed by atoms with van der Waals surface area (Å²) in [5.41, 5.74) is 1.74. The van der Waals surface area contributed by atoms with E-state index in [-0.39, 0.29) is 24.9 Å². The van der Waals surface area contributed by atoms with Crippen molar-refractivity contribution in [2.75, 3.05) is 24.6 Å². The lowest BCUT2D eigenvalue weighted by molar-refractivity contribution is -0.274. The summed E-state index contributed by atoms with van der Waals surface area (Å²) < 4.78 is 45.5. The predicted octanol–water partition coefficient (Wildman–Crippen LogP) is 4.20. The maximum Gasteiger partial charge on any atom is 0.573 e. The Balaban J connectivity index is 1.62. The molecule has 1 aliphatic rings. The van der Waals surface area contributed by atoms with Crippen LogP contribution in [0.1, 0.15) is 22.8 Å². The number of nitrogens with zero attached hydrogens (tertiary/aromatic N) is 2. The molecule has 3 rings (SSSR count). The van der Waals surface area contributed by atoms with Crippen LogP contribution in [0.3, 0.4) is 0 Å². The average molecular weight is 408 g/mol. The molecule has 0 aromatic heterocycles. The van der Waals surface area contributed by atoms with Crippen molar-refractivity contribution in [3.05, 3.63) is 59.7 Å². The monoisotopic (exact) mass is 408 g/mol. The first-order valence-electron chi connectivity index (χ1n) is 8.95. The standard InChI is InChI=1S/C20H19F3N2O4/c1-2-28-18(26)15-5-7-16(8-6-15)25-12-11-24(19(25)27)13-14-3-9-17(10-4-14)29-20(21,22)23/h3-10H,2,11-13H2,1H3. The van der Waals surface area contributed by atoms with E-state index in [1.54, 1.807) is 41.0 Å². The van der Waals surface area contributed by atoms with Gasteiger partial charge in [0.15, 0.2) is 0 Å². The highest BCUT2D eigenvalue weighted by atomic mass is 19.4. The Labute approximate surface area is 165 Å². The van der Waals surface area contributed by atoms with Crippen LogP contribution in [0.25, 0.3) is 0 Å². The largest absolute Gasteiger partial charge is 0.573 e. The highest BCUT2D eigenvalue weighted by Gasteiger charge is 2.31. The lowest BCUT2D eigenvalue weighted by atomic mass is 10.2. The Morgan fingerprint density at radius 1 is 1.03 bits per heavy atom. The maximum absolute atomic E-state index is 12.7. The molecule has 0 spiro atoms. The Hall–Kier alpha value is -3.23. The van der Waals surface area contributed by atoms with E-state index in [1.807, 2.05) is 0 Å². The molecule has 0 unspecified atom stereocenters. The number of amides is 2. The molecular formula is C20H19F3N2O4. The third kappa shape index (κ3) is 5.18. The van der Waals surface area contributed by atoms with E-state index in [4.69, 9.17) is 4.74 Å². The van der Waals surface area contributed by atoms with Crippen LogP contribution in [0.5, 0.6) is 5.75 Å². The number of hydrogen-bond acceptors (Lipinski definition) is 4. The molecule has 6 nitrogen and oxygen atoms in total. The predicted molar refractivity (Wildman–Crippen MR) is 98.7 cm³/mol. The number of ether oxygens (including phenoxy) is 2. The maximum atomic E-state index is 12.7. The summed E-state index contributed by atoms with van der Waals surface area (Å²) in [7, 11) is 0. The fourth-order valence-corrected chi connectivity index (χ4v) is 2.98. The van der Waals surface area contributed by atoms with Gasteiger partial charge >= 0.3 is 18.4 Å². The number of alkyl halides is 3. The second-order valence-corrected chi connectivity index (χ2v) is 6.31. The second kappa shape index (κ2) is 8.42. The second-order valence-electron chi connectivity index (χ2n) is 6.31. The van der Waals surface area contributed by atoms with Gasteiger partial charge in [-0.25, -0.2) is 9.59 Å². The lowest BCUT2D eigenvalue weighted by Gasteiger charge is -2.19. The van der Waals surface area contributed by atoms with Crippen molar-refractivity contribution in [3.63, 3.8) is 0 Å². The van der Waals surface area contributed by atoms with Gasteiger partial charge in [0.1, 0.15) is 5.75 Å². The molecule has 2 aromatic rings. The van der Waals surface area contributed by atoms with Gasteiger partial charge in [-0.1, -0.05) is 12.1 Å². The van der Waals surface area contributed by atoms with E-state index in [0.717, 1.165) is 0 Å². The van der Waals surface area contributed by atoms with E-state index in [2.05, 4.69) is 4.74 Å². The SMILES string of the molecule is CCOC(=O)c1ccc(N2CCN(Cc3ccc(OC(F)(F)F)cc3)C2=O)cc1. The quantitative estimate of drug-likeness (QED) is 0.672. The van der Waals surface area contributed by atoms with Gasteiger partial charge in [-0.05, 0) is 48.9 Å². The van der Waals surface area contributed by atoms with Gasteiger partial charge in [0.25, 0.3) is 0 Å². The zero-order valence-electron chi connectivity index (χ0n) is 15.6. The number of rotatable bonds is 6. The normalized spacial score (nSPS) is 14.3. The van der Waals surface area contributed by atoms with Crippen LogP contribution in [-0.2, 0) is 11.3 Å². The number of hydrogen-bond donors (Lipinski definition) is 0. The number of anilines is 1. The Morgan fingerprint density at radius 2 is 1.69 bits per heavy atom. The smallest absolute Gasteiger partial charge is 0.462 e. The van der Waals surface area contributed by atoms with Crippen molar-refractivity contribution in [1.29, 1.82) is 0 Å². The van der Waals surface area contributed by atoms with Crippen LogP contribution in [0, 0.1) is 0 Å². The van der Waals surface area contributed by atoms with Crippen molar-refractivity contribution < 1.29 is 32.2 Å². The van der Waals surface area contributed by atoms with E-state index in [0.29, 0.717) is 29.9 Å². The summed E-state index contributed by atoms with van der Waals surface area (Å²) in [4.78, 5) is 27.6. The fourth-order valence-electron chi connectivity index (χ4n) is 2.98. The topological polar surface area (TPSA) is 59.1 Å². The van der Waals surface area contributed by atoms with Crippen LogP contribution in [0.4, 0.5) is 23.7 Å². The summed E-state index contributed by atoms with van der Waals surface area (Å²) in [6, 6.07) is 11.8. The zero-order valence-corrected chi connectivity index (χ0v) is 15.6. The van der Waals surface area contributed by atoms with Crippen LogP contribution in [0.15, 0.2) is 48.5 Å². The number of carbonyl (C=O) groups excluding carboxylic acids is 2. The molecule has 1 heterocycles. The van der Waals surface area contributed by atoms with Gasteiger partial charge in [-0.3, -0.25) is 4.90 Å². The number of carbonyl (C=O) groups is 2. The minimum Gasteiger partial charge on any atom is -0.462 e. The van der Waals surface area contributed by atoms with Gasteiger partial charge in [0, 0.05) is 25.3 Å². The molecule has 9 heteroatoms. The molecule has 2 aromatic carbocycles. The van der Waals surface area contributed by atoms with Crippen LogP contribution < -0.4 is 9.64 Å². The molecule has 0 aliphatic carbocycles. The first kappa shape index (κ1) is 20.5. The minimum absolute atomic E-state index is 0.218. The van der Waals surface area contributed by atoms with Gasteiger partial charge < -0.3 is 14.4 Å². The van der Waals surface area contributed by atoms with Crippen molar-refractivity contribution in [1.82, 2.24) is 4.90 Å². The molecular weight excluding hydrogens is 389 g/mol. The molecule has 0 N–H and O–H groups in total. The minimum atomic E-state index is -4.74. The van der Waals surface area contributed by atoms with E-state index >= 15 is 0 Å². The van der Waals surface area contributed by atoms with Gasteiger partial charge in [-0.2, -0.15) is 0 Å². The van der Waals surface area contributed by atoms with Gasteiger partial charge in [0.2, 0.25) is 0 Å². The first-order valence-corrected chi connectivity index (χ1v) is 8.95. The fraction of sp³-hybridized carbons (Fsp3) is 0.300. The summed E-state index contributed by atoms with van der Waals surface area (Å²) in [5, 5.41) is 0. The Morgan fingerprint density at radius 3 is 2.28 bits per heavy atom. The highest BCUT2D eigenvalue weighted by molar-refractivity contribution is 5.95. The Bertz CT molecular complexity index is 867. The van der Waals surface area contributed by atoms with E-state index in [9.17, 15) is 22.8 Å². The number of urea groups is 1. The van der Waals surface area contributed by atoms with Crippen LogP contribution >= 0.6 is 0 Å². The lowest BCUT2D eigenvalue weighted by Crippen LogP contribution is -2.31. The van der Waals surface area contributed by atoms with Crippen molar-refractivity contribution >= 4 is 17.7 Å². The van der Waals surface area contributed by atoms with Crippen LogP contribution in [-0.4, -0.2) is 43.0 Å². The molecule has 1 saturated heterocycles. The summed E-state index contributed by atoms with van der Waals surface area (Å²) in [6.45, 7) is 3.21. The third-order valence-electron chi connectivity index (χ3n) is 4.32. The molecule has 0 bridgehead atoms. The first-order chi connectivity index (χ1) is 13.8. The van der Waals surface area contributed by atoms with E-state index in [1.165, 1.54) is 24.3 Å². The van der Waals surface area contributed by atoms with Gasteiger partial charge in [-0.15, -0.1) is 13.2 Å². The van der Waals surface area contributed by atoms with Crippen molar-refractivity contribution in [2.45, 2.75) is 19.8 Å². The molecule has 1 aliphatic heterocycles. The molecule has 154 valence electrons. The molecule has 1 fully saturated rings. The molecule has 29 heavy (non-hydrogen) atoms. The Kier molecular flexibility index (Phi) is 5.95. The molecule has 2 amide bonds. The van der Waals surface area contributed by atoms with Gasteiger partial charge in [0.05, 0.1) is 12.2 Å².